The van der Waals surface area contributed by atoms with Gasteiger partial charge in [-0.25, -0.2) is 17.5 Å². The largest absolute Gasteiger partial charge is 0.492 e. The molecule has 0 fully saturated rings. The highest BCUT2D eigenvalue weighted by molar-refractivity contribution is 7.89. The molecule has 0 unspecified atom stereocenters. The number of ether oxygens (including phenoxy) is 1. The van der Waals surface area contributed by atoms with Gasteiger partial charge in [-0.1, -0.05) is 6.07 Å². The molecule has 0 radical (unpaired) electrons. The lowest BCUT2D eigenvalue weighted by Crippen LogP contribution is -2.36. The van der Waals surface area contributed by atoms with Crippen molar-refractivity contribution in [2.75, 3.05) is 6.61 Å². The zero-order valence-electron chi connectivity index (χ0n) is 14.3. The zero-order chi connectivity index (χ0) is 17.9. The van der Waals surface area contributed by atoms with Crippen LogP contribution in [0.15, 0.2) is 41.3 Å². The number of hydrogen-bond donors (Lipinski definition) is 1. The Kier molecular flexibility index (Phi) is 5.62. The normalized spacial score (nSPS) is 12.9. The molecule has 0 aliphatic heterocycles. The van der Waals surface area contributed by atoms with E-state index in [0.29, 0.717) is 5.75 Å². The Morgan fingerprint density at radius 3 is 2.38 bits per heavy atom. The van der Waals surface area contributed by atoms with E-state index in [-0.39, 0.29) is 17.1 Å². The molecular weight excluding hydrogens is 329 g/mol. The molecule has 6 heteroatoms. The van der Waals surface area contributed by atoms with E-state index in [0.717, 1.165) is 11.6 Å². The summed E-state index contributed by atoms with van der Waals surface area (Å²) in [5, 5.41) is 0. The Hall–Kier alpha value is -1.92. The average Bonchev–Trinajstić information content (AvgIpc) is 2.50. The maximum Gasteiger partial charge on any atom is 0.240 e. The van der Waals surface area contributed by atoms with Gasteiger partial charge in [0.1, 0.15) is 18.2 Å². The van der Waals surface area contributed by atoms with Crippen LogP contribution in [-0.4, -0.2) is 21.1 Å². The van der Waals surface area contributed by atoms with Gasteiger partial charge in [0.25, 0.3) is 0 Å². The lowest BCUT2D eigenvalue weighted by atomic mass is 10.1. The first-order valence-corrected chi connectivity index (χ1v) is 9.16. The van der Waals surface area contributed by atoms with Gasteiger partial charge in [-0.15, -0.1) is 0 Å². The lowest BCUT2D eigenvalue weighted by Gasteiger charge is -2.16. The molecule has 130 valence electrons. The van der Waals surface area contributed by atoms with Crippen LogP contribution >= 0.6 is 0 Å². The van der Waals surface area contributed by atoms with Gasteiger partial charge in [-0.2, -0.15) is 0 Å². The van der Waals surface area contributed by atoms with Crippen LogP contribution in [0, 0.1) is 26.6 Å². The molecule has 4 nitrogen and oxygen atoms in total. The summed E-state index contributed by atoms with van der Waals surface area (Å²) in [6.07, 6.45) is 0. The van der Waals surface area contributed by atoms with Gasteiger partial charge in [0.15, 0.2) is 0 Å². The molecule has 0 heterocycles. The summed E-state index contributed by atoms with van der Waals surface area (Å²) in [4.78, 5) is 0.0411. The van der Waals surface area contributed by atoms with Crippen molar-refractivity contribution in [3.05, 3.63) is 58.9 Å². The molecule has 0 spiro atoms. The number of hydrogen-bond acceptors (Lipinski definition) is 3. The molecule has 2 aromatic rings. The second-order valence-corrected chi connectivity index (χ2v) is 7.70. The van der Waals surface area contributed by atoms with Gasteiger partial charge in [0.05, 0.1) is 10.9 Å². The fraction of sp³-hybridized carbons (Fsp3) is 0.333. The van der Waals surface area contributed by atoms with Crippen molar-refractivity contribution in [1.82, 2.24) is 4.72 Å². The van der Waals surface area contributed by atoms with Crippen LogP contribution < -0.4 is 9.46 Å². The predicted octanol–water partition coefficient (Wildman–Crippen LogP) is 3.50. The number of aryl methyl sites for hydroxylation is 3. The first kappa shape index (κ1) is 18.4. The molecular formula is C18H22FNO3S. The minimum absolute atomic E-state index is 0.0411. The first-order valence-electron chi connectivity index (χ1n) is 7.67. The number of sulfonamides is 1. The molecule has 0 aliphatic rings. The number of halogens is 1. The van der Waals surface area contributed by atoms with E-state index in [4.69, 9.17) is 4.74 Å². The van der Waals surface area contributed by atoms with Crippen molar-refractivity contribution in [1.29, 1.82) is 0 Å². The van der Waals surface area contributed by atoms with E-state index in [1.807, 2.05) is 32.0 Å². The summed E-state index contributed by atoms with van der Waals surface area (Å²) in [6.45, 7) is 7.45. The summed E-state index contributed by atoms with van der Waals surface area (Å²) in [6, 6.07) is 9.02. The van der Waals surface area contributed by atoms with E-state index >= 15 is 0 Å². The summed E-state index contributed by atoms with van der Waals surface area (Å²) in [5.41, 5.74) is 2.57. The number of benzene rings is 2. The molecule has 1 atom stereocenters. The molecule has 0 saturated heterocycles. The average molecular weight is 351 g/mol. The zero-order valence-corrected chi connectivity index (χ0v) is 15.1. The minimum atomic E-state index is -3.71. The van der Waals surface area contributed by atoms with Crippen LogP contribution in [0.25, 0.3) is 0 Å². The van der Waals surface area contributed by atoms with E-state index in [9.17, 15) is 12.8 Å². The second-order valence-electron chi connectivity index (χ2n) is 5.99. The Labute approximate surface area is 142 Å². The quantitative estimate of drug-likeness (QED) is 0.867. The monoisotopic (exact) mass is 351 g/mol. The van der Waals surface area contributed by atoms with Crippen molar-refractivity contribution >= 4 is 10.0 Å². The Bertz CT molecular complexity index is 834. The Balaban J connectivity index is 2.01. The third-order valence-corrected chi connectivity index (χ3v) is 5.36. The third-order valence-electron chi connectivity index (χ3n) is 3.77. The summed E-state index contributed by atoms with van der Waals surface area (Å²) in [7, 11) is -3.71. The number of rotatable bonds is 6. The lowest BCUT2D eigenvalue weighted by molar-refractivity contribution is 0.287. The van der Waals surface area contributed by atoms with Crippen molar-refractivity contribution in [2.24, 2.45) is 0 Å². The van der Waals surface area contributed by atoms with Crippen LogP contribution in [0.2, 0.25) is 0 Å². The van der Waals surface area contributed by atoms with Gasteiger partial charge in [0, 0.05) is 0 Å². The maximum absolute atomic E-state index is 13.3. The SMILES string of the molecule is Cc1ccc(OC[C@H](C)NS(=O)(=O)c2ccc(F)c(C)c2)cc1C. The van der Waals surface area contributed by atoms with Gasteiger partial charge in [0.2, 0.25) is 10.0 Å². The summed E-state index contributed by atoms with van der Waals surface area (Å²) >= 11 is 0. The summed E-state index contributed by atoms with van der Waals surface area (Å²) in [5.74, 6) is 0.266. The van der Waals surface area contributed by atoms with Crippen LogP contribution in [-0.2, 0) is 10.0 Å². The van der Waals surface area contributed by atoms with Crippen LogP contribution in [0.1, 0.15) is 23.6 Å². The Morgan fingerprint density at radius 1 is 1.04 bits per heavy atom. The van der Waals surface area contributed by atoms with E-state index in [1.165, 1.54) is 24.6 Å². The fourth-order valence-electron chi connectivity index (χ4n) is 2.18. The molecule has 0 amide bonds. The highest BCUT2D eigenvalue weighted by Gasteiger charge is 2.18. The predicted molar refractivity (Wildman–Crippen MR) is 92.3 cm³/mol. The molecule has 2 rings (SSSR count). The molecule has 0 aliphatic carbocycles. The van der Waals surface area contributed by atoms with Crippen molar-refractivity contribution in [2.45, 2.75) is 38.6 Å². The topological polar surface area (TPSA) is 55.4 Å². The number of nitrogens with one attached hydrogen (secondary N) is 1. The van der Waals surface area contributed by atoms with E-state index < -0.39 is 21.9 Å². The van der Waals surface area contributed by atoms with Gasteiger partial charge < -0.3 is 4.74 Å². The van der Waals surface area contributed by atoms with Crippen molar-refractivity contribution in [3.63, 3.8) is 0 Å². The molecule has 24 heavy (non-hydrogen) atoms. The molecule has 1 N–H and O–H groups in total. The van der Waals surface area contributed by atoms with Crippen LogP contribution in [0.5, 0.6) is 5.75 Å². The molecule has 0 bridgehead atoms. The molecule has 0 saturated carbocycles. The first-order chi connectivity index (χ1) is 11.2. The molecule has 2 aromatic carbocycles. The summed E-state index contributed by atoms with van der Waals surface area (Å²) < 4.78 is 46.1. The van der Waals surface area contributed by atoms with Crippen LogP contribution in [0.3, 0.4) is 0 Å². The van der Waals surface area contributed by atoms with Crippen molar-refractivity contribution in [3.8, 4) is 5.75 Å². The van der Waals surface area contributed by atoms with Crippen LogP contribution in [0.4, 0.5) is 4.39 Å². The highest BCUT2D eigenvalue weighted by atomic mass is 32.2. The third kappa shape index (κ3) is 4.55. The Morgan fingerprint density at radius 2 is 1.75 bits per heavy atom. The van der Waals surface area contributed by atoms with Gasteiger partial charge >= 0.3 is 0 Å². The van der Waals surface area contributed by atoms with Gasteiger partial charge in [-0.05, 0) is 74.7 Å². The van der Waals surface area contributed by atoms with Crippen molar-refractivity contribution < 1.29 is 17.5 Å². The standard InChI is InChI=1S/C18H22FNO3S/c1-12-5-6-16(9-13(12)2)23-11-15(4)20-24(21,22)17-7-8-18(19)14(3)10-17/h5-10,15,20H,11H2,1-4H3/t15-/m0/s1. The van der Waals surface area contributed by atoms with Gasteiger partial charge in [-0.3, -0.25) is 0 Å². The van der Waals surface area contributed by atoms with E-state index in [2.05, 4.69) is 4.72 Å². The molecule has 0 aromatic heterocycles. The smallest absolute Gasteiger partial charge is 0.240 e. The maximum atomic E-state index is 13.3. The fourth-order valence-corrected chi connectivity index (χ4v) is 3.49. The minimum Gasteiger partial charge on any atom is -0.492 e. The highest BCUT2D eigenvalue weighted by Crippen LogP contribution is 2.17. The van der Waals surface area contributed by atoms with E-state index in [1.54, 1.807) is 6.92 Å². The second kappa shape index (κ2) is 7.32.